The first-order valence-corrected chi connectivity index (χ1v) is 15.9. The number of amides is 1. The van der Waals surface area contributed by atoms with E-state index in [1.807, 2.05) is 52.4 Å². The van der Waals surface area contributed by atoms with Gasteiger partial charge in [0.25, 0.3) is 5.91 Å². The number of hydrogen-bond acceptors (Lipinski definition) is 6. The van der Waals surface area contributed by atoms with E-state index in [0.29, 0.717) is 17.5 Å². The molecule has 3 aliphatic rings. The van der Waals surface area contributed by atoms with Crippen molar-refractivity contribution in [3.63, 3.8) is 0 Å². The summed E-state index contributed by atoms with van der Waals surface area (Å²) in [4.78, 5) is 24.0. The highest BCUT2D eigenvalue weighted by molar-refractivity contribution is 6.47. The number of benzene rings is 4. The van der Waals surface area contributed by atoms with Gasteiger partial charge in [-0.3, -0.25) is 14.6 Å². The van der Waals surface area contributed by atoms with Crippen LogP contribution in [0.15, 0.2) is 130 Å². The van der Waals surface area contributed by atoms with Gasteiger partial charge in [0, 0.05) is 18.8 Å². The Balaban J connectivity index is 1.43. The van der Waals surface area contributed by atoms with E-state index < -0.39 is 0 Å². The van der Waals surface area contributed by atoms with E-state index in [0.717, 1.165) is 58.9 Å². The number of nitrogens with zero attached hydrogens (tertiary/aromatic N) is 5. The lowest BCUT2D eigenvalue weighted by molar-refractivity contribution is -0.110. The maximum atomic E-state index is 14.1. The molecule has 3 aliphatic heterocycles. The lowest BCUT2D eigenvalue weighted by Crippen LogP contribution is -2.49. The Hall–Kier alpha value is -5.27. The Morgan fingerprint density at radius 1 is 0.826 bits per heavy atom. The zero-order chi connectivity index (χ0) is 31.8. The molecule has 1 unspecified atom stereocenters. The molecule has 7 rings (SSSR count). The number of hydrazone groups is 1. The number of carbonyl (C=O) groups excluding carboxylic acids is 1. The van der Waals surface area contributed by atoms with Crippen molar-refractivity contribution in [2.24, 2.45) is 10.1 Å². The number of nitrogens with one attached hydrogen (secondary N) is 1. The molecule has 1 amide bonds. The topological polar surface area (TPSA) is 63.5 Å². The van der Waals surface area contributed by atoms with Crippen LogP contribution in [0.5, 0.6) is 0 Å². The standard InChI is InChI=1S/C39H38N6O/c1-5-43-24-31(23-29-17-11-26(2)12-18-29)35-34(25-43)36(30-19-13-27(3)14-20-30)44-37(38(46)40-32-9-7-6-8-10-32)42-45(39(44)41-35)33-21-15-28(4)16-22-33/h6-23,36H,5,24-25H2,1-4H3,(H,40,46)/b31-23+. The number of carbonyl (C=O) groups is 1. The first-order chi connectivity index (χ1) is 22.4. The van der Waals surface area contributed by atoms with Gasteiger partial charge in [0.05, 0.1) is 17.4 Å². The number of likely N-dealkylation sites (N-methyl/N-ethyl adjacent to an activating group) is 1. The van der Waals surface area contributed by atoms with E-state index in [2.05, 4.69) is 105 Å². The Labute approximate surface area is 270 Å². The molecule has 7 heteroatoms. The Morgan fingerprint density at radius 3 is 2.11 bits per heavy atom. The minimum absolute atomic E-state index is 0.283. The zero-order valence-corrected chi connectivity index (χ0v) is 26.7. The number of guanidine groups is 1. The van der Waals surface area contributed by atoms with Gasteiger partial charge in [-0.25, -0.2) is 4.99 Å². The zero-order valence-electron chi connectivity index (χ0n) is 26.7. The van der Waals surface area contributed by atoms with Crippen molar-refractivity contribution in [3.8, 4) is 0 Å². The first kappa shape index (κ1) is 29.4. The van der Waals surface area contributed by atoms with Crippen molar-refractivity contribution in [2.75, 3.05) is 30.0 Å². The second-order valence-corrected chi connectivity index (χ2v) is 12.2. The van der Waals surface area contributed by atoms with Crippen molar-refractivity contribution < 1.29 is 4.79 Å². The molecule has 0 spiro atoms. The van der Waals surface area contributed by atoms with Gasteiger partial charge < -0.3 is 5.32 Å². The molecule has 4 aromatic rings. The molecule has 230 valence electrons. The Bertz CT molecular complexity index is 1890. The fourth-order valence-electron chi connectivity index (χ4n) is 6.26. The van der Waals surface area contributed by atoms with Crippen LogP contribution in [0.1, 0.15) is 40.8 Å². The average Bonchev–Trinajstić information content (AvgIpc) is 3.45. The van der Waals surface area contributed by atoms with Crippen molar-refractivity contribution in [3.05, 3.63) is 148 Å². The Kier molecular flexibility index (Phi) is 7.84. The van der Waals surface area contributed by atoms with Gasteiger partial charge in [0.2, 0.25) is 11.8 Å². The number of anilines is 2. The molecule has 0 saturated heterocycles. The molecule has 1 N–H and O–H groups in total. The monoisotopic (exact) mass is 606 g/mol. The van der Waals surface area contributed by atoms with Crippen LogP contribution >= 0.6 is 0 Å². The SMILES string of the molecule is CCN1CC2=C(N=C3N(c4ccc(C)cc4)N=C(C(=O)Nc4ccccc4)N3C2c2ccc(C)cc2)/C(=C/c2ccc(C)cc2)C1. The van der Waals surface area contributed by atoms with Gasteiger partial charge in [-0.05, 0) is 79.9 Å². The van der Waals surface area contributed by atoms with Crippen LogP contribution in [0, 0.1) is 20.8 Å². The number of para-hydroxylation sites is 1. The van der Waals surface area contributed by atoms with Gasteiger partial charge in [0.15, 0.2) is 0 Å². The van der Waals surface area contributed by atoms with Crippen LogP contribution in [0.25, 0.3) is 6.08 Å². The van der Waals surface area contributed by atoms with Crippen LogP contribution in [0.4, 0.5) is 11.4 Å². The van der Waals surface area contributed by atoms with E-state index in [-0.39, 0.29) is 11.9 Å². The summed E-state index contributed by atoms with van der Waals surface area (Å²) < 4.78 is 0. The van der Waals surface area contributed by atoms with Crippen molar-refractivity contribution in [1.29, 1.82) is 0 Å². The molecular weight excluding hydrogens is 568 g/mol. The third-order valence-corrected chi connectivity index (χ3v) is 8.80. The molecule has 0 radical (unpaired) electrons. The molecule has 1 atom stereocenters. The smallest absolute Gasteiger partial charge is 0.293 e. The van der Waals surface area contributed by atoms with Crippen molar-refractivity contribution in [1.82, 2.24) is 9.80 Å². The van der Waals surface area contributed by atoms with E-state index in [1.165, 1.54) is 11.1 Å². The highest BCUT2D eigenvalue weighted by Gasteiger charge is 2.47. The summed E-state index contributed by atoms with van der Waals surface area (Å²) in [6, 6.07) is 34.7. The lowest BCUT2D eigenvalue weighted by atomic mass is 9.87. The number of aryl methyl sites for hydroxylation is 3. The van der Waals surface area contributed by atoms with Gasteiger partial charge in [-0.15, -0.1) is 5.10 Å². The largest absolute Gasteiger partial charge is 0.319 e. The van der Waals surface area contributed by atoms with Crippen molar-refractivity contribution in [2.45, 2.75) is 33.7 Å². The molecule has 0 aromatic heterocycles. The molecule has 4 aromatic carbocycles. The normalized spacial score (nSPS) is 18.7. The van der Waals surface area contributed by atoms with Crippen LogP contribution in [-0.4, -0.2) is 47.1 Å². The minimum Gasteiger partial charge on any atom is -0.319 e. The number of amidine groups is 1. The van der Waals surface area contributed by atoms with Gasteiger partial charge >= 0.3 is 0 Å². The molecule has 0 bridgehead atoms. The van der Waals surface area contributed by atoms with E-state index >= 15 is 0 Å². The minimum atomic E-state index is -0.284. The predicted octanol–water partition coefficient (Wildman–Crippen LogP) is 7.47. The van der Waals surface area contributed by atoms with Crippen LogP contribution in [0.3, 0.4) is 0 Å². The molecule has 0 aliphatic carbocycles. The van der Waals surface area contributed by atoms with E-state index in [1.54, 1.807) is 0 Å². The molecule has 46 heavy (non-hydrogen) atoms. The number of fused-ring (bicyclic) bond motifs is 1. The van der Waals surface area contributed by atoms with Crippen LogP contribution < -0.4 is 10.3 Å². The van der Waals surface area contributed by atoms with Crippen LogP contribution in [-0.2, 0) is 4.79 Å². The Morgan fingerprint density at radius 2 is 1.46 bits per heavy atom. The lowest BCUT2D eigenvalue weighted by Gasteiger charge is -2.42. The predicted molar refractivity (Wildman–Crippen MR) is 188 cm³/mol. The molecule has 0 saturated carbocycles. The molecule has 3 heterocycles. The summed E-state index contributed by atoms with van der Waals surface area (Å²) in [5, 5.41) is 9.92. The van der Waals surface area contributed by atoms with Gasteiger partial charge in [0.1, 0.15) is 0 Å². The first-order valence-electron chi connectivity index (χ1n) is 15.9. The fourth-order valence-corrected chi connectivity index (χ4v) is 6.26. The molecule has 7 nitrogen and oxygen atoms in total. The second-order valence-electron chi connectivity index (χ2n) is 12.2. The summed E-state index contributed by atoms with van der Waals surface area (Å²) in [7, 11) is 0. The summed E-state index contributed by atoms with van der Waals surface area (Å²) in [6.07, 6.45) is 2.26. The summed E-state index contributed by atoms with van der Waals surface area (Å²) >= 11 is 0. The molecular formula is C39H38N6O. The average molecular weight is 607 g/mol. The maximum absolute atomic E-state index is 14.1. The van der Waals surface area contributed by atoms with Crippen molar-refractivity contribution >= 4 is 35.2 Å². The van der Waals surface area contributed by atoms with Gasteiger partial charge in [-0.2, -0.15) is 5.01 Å². The van der Waals surface area contributed by atoms with E-state index in [9.17, 15) is 4.79 Å². The van der Waals surface area contributed by atoms with Crippen LogP contribution in [0.2, 0.25) is 0 Å². The summed E-state index contributed by atoms with van der Waals surface area (Å²) in [5.41, 5.74) is 10.6. The number of hydrogen-bond donors (Lipinski definition) is 1. The number of aliphatic imine (C=N–C) groups is 1. The maximum Gasteiger partial charge on any atom is 0.293 e. The highest BCUT2D eigenvalue weighted by atomic mass is 16.2. The van der Waals surface area contributed by atoms with E-state index in [4.69, 9.17) is 10.1 Å². The van der Waals surface area contributed by atoms with Gasteiger partial charge in [-0.1, -0.05) is 102 Å². The third-order valence-electron chi connectivity index (χ3n) is 8.80. The molecule has 0 fully saturated rings. The second kappa shape index (κ2) is 12.3. The summed E-state index contributed by atoms with van der Waals surface area (Å²) in [6.45, 7) is 10.9. The summed E-state index contributed by atoms with van der Waals surface area (Å²) in [5.74, 6) is 0.636. The highest BCUT2D eigenvalue weighted by Crippen LogP contribution is 2.44. The third kappa shape index (κ3) is 5.66. The fraction of sp³-hybridized carbons (Fsp3) is 0.205. The number of rotatable bonds is 6. The quantitative estimate of drug-likeness (QED) is 0.247.